The van der Waals surface area contributed by atoms with Gasteiger partial charge in [0.1, 0.15) is 6.10 Å². The van der Waals surface area contributed by atoms with Gasteiger partial charge < -0.3 is 14.6 Å². The minimum Gasteiger partial charge on any atom is -0.457 e. The van der Waals surface area contributed by atoms with Gasteiger partial charge in [0.15, 0.2) is 0 Å². The number of ether oxygens (including phenoxy) is 2. The van der Waals surface area contributed by atoms with Crippen LogP contribution >= 0.6 is 0 Å². The van der Waals surface area contributed by atoms with E-state index >= 15 is 0 Å². The van der Waals surface area contributed by atoms with Crippen molar-refractivity contribution in [1.29, 1.82) is 0 Å². The Balaban J connectivity index is 3.39. The summed E-state index contributed by atoms with van der Waals surface area (Å²) in [5, 5.41) is 9.66. The Morgan fingerprint density at radius 3 is 1.07 bits per heavy atom. The van der Waals surface area contributed by atoms with Gasteiger partial charge >= 0.3 is 5.97 Å². The second-order valence-electron chi connectivity index (χ2n) is 18.0. The summed E-state index contributed by atoms with van der Waals surface area (Å²) in [6, 6.07) is 0. The maximum Gasteiger partial charge on any atom is 0.306 e. The summed E-state index contributed by atoms with van der Waals surface area (Å²) in [5.41, 5.74) is 0. The standard InChI is InChI=1S/C55H104O4/c1-3-5-7-9-11-13-15-17-19-21-23-25-27-29-31-33-35-37-39-41-43-45-47-49-51-58-53-54(52-56)59-55(57)50-48-46-44-42-40-38-36-34-32-30-28-26-24-22-20-18-16-14-12-10-8-6-4-2/h15,17,21,23,27,29,54,56H,3-14,16,18-20,22,24-26,28,30-53H2,1-2H3/b17-15-,23-21-,29-27-. The van der Waals surface area contributed by atoms with Gasteiger partial charge in [-0.2, -0.15) is 0 Å². The van der Waals surface area contributed by atoms with Crippen LogP contribution in [0.4, 0.5) is 0 Å². The fourth-order valence-corrected chi connectivity index (χ4v) is 7.99. The Labute approximate surface area is 370 Å². The predicted molar refractivity (Wildman–Crippen MR) is 260 cm³/mol. The van der Waals surface area contributed by atoms with Crippen molar-refractivity contribution in [3.63, 3.8) is 0 Å². The first-order valence-electron chi connectivity index (χ1n) is 26.6. The molecule has 0 rings (SSSR count). The van der Waals surface area contributed by atoms with Crippen molar-refractivity contribution in [2.75, 3.05) is 19.8 Å². The number of unbranched alkanes of at least 4 members (excludes halogenated alkanes) is 36. The van der Waals surface area contributed by atoms with Gasteiger partial charge in [0.2, 0.25) is 0 Å². The molecule has 4 heteroatoms. The highest BCUT2D eigenvalue weighted by atomic mass is 16.6. The Bertz CT molecular complexity index is 878. The lowest BCUT2D eigenvalue weighted by atomic mass is 10.0. The molecule has 0 aliphatic rings. The van der Waals surface area contributed by atoms with Crippen molar-refractivity contribution < 1.29 is 19.4 Å². The van der Waals surface area contributed by atoms with Gasteiger partial charge in [-0.25, -0.2) is 0 Å². The van der Waals surface area contributed by atoms with Gasteiger partial charge in [0, 0.05) is 13.0 Å². The topological polar surface area (TPSA) is 55.8 Å². The maximum atomic E-state index is 12.3. The van der Waals surface area contributed by atoms with Crippen molar-refractivity contribution in [2.45, 2.75) is 290 Å². The van der Waals surface area contributed by atoms with Crippen LogP contribution in [0.1, 0.15) is 284 Å². The molecule has 348 valence electrons. The van der Waals surface area contributed by atoms with Crippen molar-refractivity contribution in [3.8, 4) is 0 Å². The first kappa shape index (κ1) is 57.6. The van der Waals surface area contributed by atoms with E-state index in [9.17, 15) is 9.90 Å². The van der Waals surface area contributed by atoms with Crippen molar-refractivity contribution >= 4 is 5.97 Å². The maximum absolute atomic E-state index is 12.3. The number of rotatable bonds is 50. The third-order valence-corrected chi connectivity index (χ3v) is 12.0. The highest BCUT2D eigenvalue weighted by Crippen LogP contribution is 2.17. The number of allylic oxidation sites excluding steroid dienone is 6. The van der Waals surface area contributed by atoms with E-state index in [4.69, 9.17) is 9.47 Å². The molecule has 1 atom stereocenters. The Morgan fingerprint density at radius 2 is 0.712 bits per heavy atom. The zero-order valence-corrected chi connectivity index (χ0v) is 40.0. The summed E-state index contributed by atoms with van der Waals surface area (Å²) in [6.45, 7) is 5.37. The Kier molecular flexibility index (Phi) is 51.5. The first-order chi connectivity index (χ1) is 29.2. The fourth-order valence-electron chi connectivity index (χ4n) is 7.99. The molecule has 1 unspecified atom stereocenters. The Morgan fingerprint density at radius 1 is 0.407 bits per heavy atom. The second-order valence-corrected chi connectivity index (χ2v) is 18.0. The van der Waals surface area contributed by atoms with Crippen LogP contribution in [-0.4, -0.2) is 37.0 Å². The molecule has 0 aliphatic heterocycles. The molecule has 0 aromatic rings. The molecule has 0 spiro atoms. The quantitative estimate of drug-likeness (QED) is 0.0377. The normalized spacial score (nSPS) is 12.5. The number of hydrogen-bond donors (Lipinski definition) is 1. The van der Waals surface area contributed by atoms with E-state index in [2.05, 4.69) is 50.3 Å². The molecule has 0 aliphatic carbocycles. The summed E-state index contributed by atoms with van der Waals surface area (Å²) in [6.07, 6.45) is 68.2. The average molecular weight is 829 g/mol. The third-order valence-electron chi connectivity index (χ3n) is 12.0. The zero-order valence-electron chi connectivity index (χ0n) is 40.0. The van der Waals surface area contributed by atoms with Gasteiger partial charge in [-0.15, -0.1) is 0 Å². The third kappa shape index (κ3) is 50.9. The van der Waals surface area contributed by atoms with Crippen LogP contribution in [-0.2, 0) is 14.3 Å². The summed E-state index contributed by atoms with van der Waals surface area (Å²) in [7, 11) is 0. The molecule has 0 radical (unpaired) electrons. The fraction of sp³-hybridized carbons (Fsp3) is 0.873. The van der Waals surface area contributed by atoms with Crippen LogP contribution in [0.3, 0.4) is 0 Å². The number of carbonyl (C=O) groups is 1. The van der Waals surface area contributed by atoms with Gasteiger partial charge in [-0.3, -0.25) is 4.79 Å². The molecule has 0 amide bonds. The van der Waals surface area contributed by atoms with E-state index < -0.39 is 6.10 Å². The van der Waals surface area contributed by atoms with Crippen LogP contribution in [0.15, 0.2) is 36.5 Å². The number of aliphatic hydroxyl groups is 1. The Hall–Kier alpha value is -1.39. The number of esters is 1. The van der Waals surface area contributed by atoms with E-state index in [1.165, 1.54) is 231 Å². The molecule has 0 bridgehead atoms. The number of carbonyl (C=O) groups excluding carboxylic acids is 1. The minimum atomic E-state index is -0.536. The second kappa shape index (κ2) is 52.7. The van der Waals surface area contributed by atoms with Gasteiger partial charge in [-0.05, 0) is 51.4 Å². The van der Waals surface area contributed by atoms with Crippen molar-refractivity contribution in [3.05, 3.63) is 36.5 Å². The number of hydrogen-bond acceptors (Lipinski definition) is 4. The van der Waals surface area contributed by atoms with Gasteiger partial charge in [-0.1, -0.05) is 262 Å². The van der Waals surface area contributed by atoms with E-state index in [0.29, 0.717) is 19.6 Å². The van der Waals surface area contributed by atoms with Crippen molar-refractivity contribution in [1.82, 2.24) is 0 Å². The summed E-state index contributed by atoms with van der Waals surface area (Å²) in [5.74, 6) is -0.196. The molecule has 0 saturated heterocycles. The summed E-state index contributed by atoms with van der Waals surface area (Å²) in [4.78, 5) is 12.3. The van der Waals surface area contributed by atoms with Crippen LogP contribution in [0, 0.1) is 0 Å². The molecule has 4 nitrogen and oxygen atoms in total. The molecule has 0 fully saturated rings. The molecule has 0 heterocycles. The van der Waals surface area contributed by atoms with Gasteiger partial charge in [0.25, 0.3) is 0 Å². The number of aliphatic hydroxyl groups excluding tert-OH is 1. The van der Waals surface area contributed by atoms with Crippen molar-refractivity contribution in [2.24, 2.45) is 0 Å². The average Bonchev–Trinajstić information content (AvgIpc) is 3.24. The van der Waals surface area contributed by atoms with Crippen LogP contribution < -0.4 is 0 Å². The lowest BCUT2D eigenvalue weighted by molar-refractivity contribution is -0.154. The zero-order chi connectivity index (χ0) is 42.6. The van der Waals surface area contributed by atoms with Crippen LogP contribution in [0.25, 0.3) is 0 Å². The summed E-state index contributed by atoms with van der Waals surface area (Å²) >= 11 is 0. The van der Waals surface area contributed by atoms with Crippen LogP contribution in [0.2, 0.25) is 0 Å². The molecular formula is C55H104O4. The van der Waals surface area contributed by atoms with Crippen LogP contribution in [0.5, 0.6) is 0 Å². The molecule has 0 aromatic heterocycles. The highest BCUT2D eigenvalue weighted by Gasteiger charge is 2.13. The molecule has 59 heavy (non-hydrogen) atoms. The SMILES string of the molecule is CCCCCCC/C=C\C/C=C\C/C=C\CCCCCCCCCCCOCC(CO)OC(=O)CCCCCCCCCCCCCCCCCCCCCCCCC. The van der Waals surface area contributed by atoms with E-state index in [0.717, 1.165) is 32.1 Å². The van der Waals surface area contributed by atoms with Gasteiger partial charge in [0.05, 0.1) is 13.2 Å². The first-order valence-corrected chi connectivity index (χ1v) is 26.6. The molecular weight excluding hydrogens is 725 g/mol. The van der Waals surface area contributed by atoms with E-state index in [1.54, 1.807) is 0 Å². The van der Waals surface area contributed by atoms with E-state index in [-0.39, 0.29) is 12.6 Å². The molecule has 0 aromatic carbocycles. The lowest BCUT2D eigenvalue weighted by Crippen LogP contribution is -2.27. The largest absolute Gasteiger partial charge is 0.457 e. The van der Waals surface area contributed by atoms with E-state index in [1.807, 2.05) is 0 Å². The smallest absolute Gasteiger partial charge is 0.306 e. The summed E-state index contributed by atoms with van der Waals surface area (Å²) < 4.78 is 11.2. The predicted octanol–water partition coefficient (Wildman–Crippen LogP) is 18.0. The highest BCUT2D eigenvalue weighted by molar-refractivity contribution is 5.69. The lowest BCUT2D eigenvalue weighted by Gasteiger charge is -2.16. The molecule has 0 saturated carbocycles. The monoisotopic (exact) mass is 829 g/mol. The minimum absolute atomic E-state index is 0.170. The molecule has 1 N–H and O–H groups in total.